The summed E-state index contributed by atoms with van der Waals surface area (Å²) in [5.74, 6) is 1.01. The zero-order valence-electron chi connectivity index (χ0n) is 21.1. The first-order valence-corrected chi connectivity index (χ1v) is 12.1. The van der Waals surface area contributed by atoms with Crippen molar-refractivity contribution in [1.29, 1.82) is 0 Å². The molecule has 3 aromatic carbocycles. The van der Waals surface area contributed by atoms with E-state index in [0.29, 0.717) is 0 Å². The van der Waals surface area contributed by atoms with Crippen LogP contribution in [0.3, 0.4) is 0 Å². The molecule has 0 amide bonds. The quantitative estimate of drug-likeness (QED) is 0.349. The first-order valence-electron chi connectivity index (χ1n) is 12.1. The van der Waals surface area contributed by atoms with E-state index in [1.54, 1.807) is 0 Å². The summed E-state index contributed by atoms with van der Waals surface area (Å²) in [6, 6.07) is 19.7. The number of fused-ring (bicyclic) bond motifs is 1. The van der Waals surface area contributed by atoms with Crippen molar-refractivity contribution in [3.05, 3.63) is 90.4 Å². The summed E-state index contributed by atoms with van der Waals surface area (Å²) in [6.45, 7) is 18.2. The second kappa shape index (κ2) is 10.6. The van der Waals surface area contributed by atoms with Crippen LogP contribution in [-0.4, -0.2) is 6.54 Å². The molecule has 3 heteroatoms. The number of benzene rings is 3. The molecule has 3 rings (SSSR count). The Labute approximate surface area is 200 Å². The molecule has 0 bridgehead atoms. The van der Waals surface area contributed by atoms with Crippen molar-refractivity contribution in [2.45, 2.75) is 59.8 Å². The highest BCUT2D eigenvalue weighted by molar-refractivity contribution is 6.02. The van der Waals surface area contributed by atoms with Gasteiger partial charge in [0.25, 0.3) is 0 Å². The van der Waals surface area contributed by atoms with Gasteiger partial charge < -0.3 is 15.5 Å². The average molecular weight is 442 g/mol. The van der Waals surface area contributed by atoms with Gasteiger partial charge in [0.15, 0.2) is 0 Å². The van der Waals surface area contributed by atoms with E-state index in [1.165, 1.54) is 33.3 Å². The Hall–Kier alpha value is -3.20. The van der Waals surface area contributed by atoms with Gasteiger partial charge in [-0.25, -0.2) is 0 Å². The van der Waals surface area contributed by atoms with Crippen molar-refractivity contribution >= 4 is 27.8 Å². The molecule has 0 fully saturated rings. The van der Waals surface area contributed by atoms with E-state index in [-0.39, 0.29) is 5.41 Å². The number of nitrogens with one attached hydrogen (secondary N) is 2. The minimum atomic E-state index is 0.104. The van der Waals surface area contributed by atoms with Crippen molar-refractivity contribution in [2.24, 2.45) is 0 Å². The van der Waals surface area contributed by atoms with Crippen molar-refractivity contribution in [2.75, 3.05) is 22.1 Å². The van der Waals surface area contributed by atoms with E-state index < -0.39 is 0 Å². The molecule has 0 saturated heterocycles. The van der Waals surface area contributed by atoms with E-state index in [2.05, 4.69) is 124 Å². The normalized spacial score (nSPS) is 12.0. The van der Waals surface area contributed by atoms with E-state index in [4.69, 9.17) is 0 Å². The minimum absolute atomic E-state index is 0.104. The minimum Gasteiger partial charge on any atom is -0.348 e. The Morgan fingerprint density at radius 3 is 2.21 bits per heavy atom. The van der Waals surface area contributed by atoms with Gasteiger partial charge >= 0.3 is 0 Å². The number of hydrogen-bond acceptors (Lipinski definition) is 3. The smallest absolute Gasteiger partial charge is 0.103 e. The number of aryl methyl sites for hydroxylation is 1. The van der Waals surface area contributed by atoms with E-state index in [1.807, 2.05) is 6.20 Å². The number of anilines is 3. The zero-order valence-corrected chi connectivity index (χ0v) is 21.1. The maximum atomic E-state index is 3.99. The Bertz CT molecular complexity index is 1130. The van der Waals surface area contributed by atoms with Crippen molar-refractivity contribution < 1.29 is 0 Å². The second-order valence-corrected chi connectivity index (χ2v) is 9.40. The fraction of sp³-hybridized carbons (Fsp3) is 0.333. The maximum Gasteiger partial charge on any atom is 0.103 e. The monoisotopic (exact) mass is 441 g/mol. The highest BCUT2D eigenvalue weighted by Crippen LogP contribution is 2.34. The van der Waals surface area contributed by atoms with Gasteiger partial charge in [0.2, 0.25) is 0 Å². The molecule has 3 nitrogen and oxygen atoms in total. The van der Waals surface area contributed by atoms with E-state index >= 15 is 0 Å². The average Bonchev–Trinajstić information content (AvgIpc) is 2.80. The highest BCUT2D eigenvalue weighted by Gasteiger charge is 2.16. The largest absolute Gasteiger partial charge is 0.348 e. The van der Waals surface area contributed by atoms with Crippen LogP contribution in [0.4, 0.5) is 17.1 Å². The number of nitrogens with zero attached hydrogens (tertiary/aromatic N) is 1. The summed E-state index contributed by atoms with van der Waals surface area (Å²) in [5.41, 5.74) is 6.18. The van der Waals surface area contributed by atoms with Crippen molar-refractivity contribution in [1.82, 2.24) is 0 Å². The van der Waals surface area contributed by atoms with Crippen molar-refractivity contribution in [3.63, 3.8) is 0 Å². The maximum absolute atomic E-state index is 3.99. The van der Waals surface area contributed by atoms with Crippen LogP contribution in [0.15, 0.2) is 79.3 Å². The lowest BCUT2D eigenvalue weighted by atomic mass is 9.86. The summed E-state index contributed by atoms with van der Waals surface area (Å²) in [5, 5.41) is 9.80. The summed E-state index contributed by atoms with van der Waals surface area (Å²) < 4.78 is 0. The summed E-state index contributed by atoms with van der Waals surface area (Å²) >= 11 is 0. The molecule has 0 atom stereocenters. The lowest BCUT2D eigenvalue weighted by Crippen LogP contribution is -2.16. The molecule has 174 valence electrons. The van der Waals surface area contributed by atoms with Crippen LogP contribution in [0.5, 0.6) is 0 Å². The van der Waals surface area contributed by atoms with Crippen molar-refractivity contribution in [3.8, 4) is 0 Å². The Kier molecular flexibility index (Phi) is 7.86. The van der Waals surface area contributed by atoms with Gasteiger partial charge in [-0.15, -0.1) is 0 Å². The third-order valence-electron chi connectivity index (χ3n) is 6.08. The van der Waals surface area contributed by atoms with Gasteiger partial charge in [-0.2, -0.15) is 0 Å². The van der Waals surface area contributed by atoms with Gasteiger partial charge in [0.1, 0.15) is 5.82 Å². The number of rotatable bonds is 9. The highest BCUT2D eigenvalue weighted by atomic mass is 15.1. The fourth-order valence-electron chi connectivity index (χ4n) is 4.14. The first-order chi connectivity index (χ1) is 15.8. The lowest BCUT2D eigenvalue weighted by Gasteiger charge is -2.24. The third kappa shape index (κ3) is 5.60. The molecule has 0 spiro atoms. The van der Waals surface area contributed by atoms with Crippen LogP contribution < -0.4 is 15.5 Å². The number of hydrogen-bond donors (Lipinski definition) is 2. The van der Waals surface area contributed by atoms with Crippen LogP contribution >= 0.6 is 0 Å². The predicted molar refractivity (Wildman–Crippen MR) is 147 cm³/mol. The molecule has 0 aliphatic rings. The van der Waals surface area contributed by atoms with E-state index in [9.17, 15) is 0 Å². The summed E-state index contributed by atoms with van der Waals surface area (Å²) in [6.07, 6.45) is 6.03. The topological polar surface area (TPSA) is 27.3 Å². The van der Waals surface area contributed by atoms with Crippen LogP contribution in [0.2, 0.25) is 0 Å². The molecule has 0 saturated carbocycles. The Morgan fingerprint density at radius 1 is 0.909 bits per heavy atom. The zero-order chi connectivity index (χ0) is 24.0. The summed E-state index contributed by atoms with van der Waals surface area (Å²) in [4.78, 5) is 2.18. The molecule has 0 heterocycles. The first kappa shape index (κ1) is 24.4. The van der Waals surface area contributed by atoms with Gasteiger partial charge in [-0.05, 0) is 66.8 Å². The van der Waals surface area contributed by atoms with Crippen LogP contribution in [0.1, 0.15) is 59.1 Å². The fourth-order valence-corrected chi connectivity index (χ4v) is 4.14. The summed E-state index contributed by atoms with van der Waals surface area (Å²) in [7, 11) is 0. The predicted octanol–water partition coefficient (Wildman–Crippen LogP) is 8.44. The molecule has 0 aromatic heterocycles. The molecule has 2 N–H and O–H groups in total. The second-order valence-electron chi connectivity index (χ2n) is 9.40. The molecule has 0 radical (unpaired) electrons. The lowest BCUT2D eigenvalue weighted by molar-refractivity contribution is 0.590. The van der Waals surface area contributed by atoms with Crippen LogP contribution in [0.25, 0.3) is 10.8 Å². The molecule has 0 aliphatic heterocycles. The SMILES string of the molecule is C=CN(CC)c1ccc(NC(=CCC)Nc2cc(C(C)(C)C)ccc2CC)c2ccccc12. The van der Waals surface area contributed by atoms with Gasteiger partial charge in [-0.3, -0.25) is 0 Å². The molecule has 0 unspecified atom stereocenters. The Balaban J connectivity index is 2.00. The Morgan fingerprint density at radius 2 is 1.61 bits per heavy atom. The van der Waals surface area contributed by atoms with E-state index in [0.717, 1.165) is 30.9 Å². The van der Waals surface area contributed by atoms with Crippen LogP contribution in [-0.2, 0) is 11.8 Å². The molecule has 33 heavy (non-hydrogen) atoms. The third-order valence-corrected chi connectivity index (χ3v) is 6.08. The molecule has 3 aromatic rings. The molecular formula is C30H39N3. The molecule has 0 aliphatic carbocycles. The number of allylic oxidation sites excluding steroid dienone is 1. The van der Waals surface area contributed by atoms with Gasteiger partial charge in [0, 0.05) is 34.4 Å². The van der Waals surface area contributed by atoms with Crippen LogP contribution in [0, 0.1) is 0 Å². The van der Waals surface area contributed by atoms with Gasteiger partial charge in [-0.1, -0.05) is 77.6 Å². The molecular weight excluding hydrogens is 402 g/mol. The van der Waals surface area contributed by atoms with Gasteiger partial charge in [0.05, 0.1) is 0 Å². The standard InChI is InChI=1S/C30H39N3/c1-8-14-29(32-27-21-23(30(5,6)7)18-17-22(27)9-2)31-26-19-20-28(33(10-3)11-4)25-16-13-12-15-24(25)26/h10,12-21,31-32H,3,8-9,11H2,1-2,4-7H3.